The first-order chi connectivity index (χ1) is 8.81. The molecule has 0 saturated carbocycles. The molecule has 0 bridgehead atoms. The molecule has 2 rings (SSSR count). The maximum absolute atomic E-state index is 3.85. The fraction of sp³-hybridized carbons (Fsp3) is 0.467. The summed E-state index contributed by atoms with van der Waals surface area (Å²) in [6, 6.07) is 9.51. The Bertz CT molecular complexity index is 369. The van der Waals surface area contributed by atoms with E-state index in [2.05, 4.69) is 63.7 Å². The van der Waals surface area contributed by atoms with Crippen molar-refractivity contribution >= 4 is 22.6 Å². The second-order valence-electron chi connectivity index (χ2n) is 4.72. The molecule has 1 heterocycles. The molecule has 98 valence electrons. The average Bonchev–Trinajstić information content (AvgIpc) is 2.42. The topological polar surface area (TPSA) is 15.3 Å². The van der Waals surface area contributed by atoms with E-state index in [1.807, 2.05) is 6.08 Å². The smallest absolute Gasteiger partial charge is 0.0352 e. The summed E-state index contributed by atoms with van der Waals surface area (Å²) in [4.78, 5) is 2.60. The van der Waals surface area contributed by atoms with E-state index < -0.39 is 0 Å². The van der Waals surface area contributed by atoms with Gasteiger partial charge >= 0.3 is 0 Å². The Balaban J connectivity index is 2.12. The van der Waals surface area contributed by atoms with Gasteiger partial charge in [0.2, 0.25) is 0 Å². The maximum atomic E-state index is 3.85. The Morgan fingerprint density at radius 2 is 1.94 bits per heavy atom. The maximum Gasteiger partial charge on any atom is 0.0352 e. The summed E-state index contributed by atoms with van der Waals surface area (Å²) in [7, 11) is 0. The van der Waals surface area contributed by atoms with Crippen molar-refractivity contribution in [3.8, 4) is 0 Å². The van der Waals surface area contributed by atoms with E-state index in [0.717, 1.165) is 32.6 Å². The minimum absolute atomic E-state index is 0.544. The van der Waals surface area contributed by atoms with Crippen molar-refractivity contribution in [1.82, 2.24) is 10.2 Å². The van der Waals surface area contributed by atoms with Crippen LogP contribution in [0.15, 0.2) is 36.9 Å². The summed E-state index contributed by atoms with van der Waals surface area (Å²) < 4.78 is 1.30. The van der Waals surface area contributed by atoms with Gasteiger partial charge in [0.15, 0.2) is 0 Å². The van der Waals surface area contributed by atoms with Crippen LogP contribution in [0, 0.1) is 3.57 Å². The highest BCUT2D eigenvalue weighted by molar-refractivity contribution is 14.1. The van der Waals surface area contributed by atoms with Gasteiger partial charge in [0.25, 0.3) is 0 Å². The second-order valence-corrected chi connectivity index (χ2v) is 5.96. The molecule has 1 aromatic carbocycles. The number of hydrogen-bond acceptors (Lipinski definition) is 2. The highest BCUT2D eigenvalue weighted by Gasteiger charge is 2.21. The van der Waals surface area contributed by atoms with Crippen molar-refractivity contribution in [3.05, 3.63) is 46.1 Å². The molecule has 1 fully saturated rings. The highest BCUT2D eigenvalue weighted by atomic mass is 127. The number of allylic oxidation sites excluding steroid dienone is 1. The van der Waals surface area contributed by atoms with Crippen molar-refractivity contribution in [3.63, 3.8) is 0 Å². The van der Waals surface area contributed by atoms with Gasteiger partial charge in [0, 0.05) is 35.8 Å². The Morgan fingerprint density at radius 1 is 1.28 bits per heavy atom. The summed E-state index contributed by atoms with van der Waals surface area (Å²) in [6.45, 7) is 8.36. The van der Waals surface area contributed by atoms with Crippen LogP contribution in [0.3, 0.4) is 0 Å². The van der Waals surface area contributed by atoms with Crippen LogP contribution in [0.1, 0.15) is 24.4 Å². The van der Waals surface area contributed by atoms with Gasteiger partial charge in [-0.3, -0.25) is 4.90 Å². The van der Waals surface area contributed by atoms with Gasteiger partial charge in [-0.1, -0.05) is 18.2 Å². The third-order valence-corrected chi connectivity index (χ3v) is 4.21. The van der Waals surface area contributed by atoms with E-state index >= 15 is 0 Å². The second kappa shape index (κ2) is 7.26. The van der Waals surface area contributed by atoms with Gasteiger partial charge in [-0.25, -0.2) is 0 Å². The highest BCUT2D eigenvalue weighted by Crippen LogP contribution is 2.26. The van der Waals surface area contributed by atoms with Gasteiger partial charge in [0.05, 0.1) is 0 Å². The number of piperazine rings is 1. The molecule has 0 aliphatic carbocycles. The summed E-state index contributed by atoms with van der Waals surface area (Å²) in [5.41, 5.74) is 1.44. The summed E-state index contributed by atoms with van der Waals surface area (Å²) in [6.07, 6.45) is 4.28. The van der Waals surface area contributed by atoms with Gasteiger partial charge in [-0.2, -0.15) is 0 Å². The predicted octanol–water partition coefficient (Wildman–Crippen LogP) is 3.20. The normalized spacial score (nSPS) is 18.5. The van der Waals surface area contributed by atoms with E-state index in [1.165, 1.54) is 15.6 Å². The van der Waals surface area contributed by atoms with Crippen LogP contribution < -0.4 is 5.32 Å². The lowest BCUT2D eigenvalue weighted by molar-refractivity contribution is 0.166. The molecular weight excluding hydrogens is 335 g/mol. The minimum Gasteiger partial charge on any atom is -0.314 e. The van der Waals surface area contributed by atoms with E-state index in [0.29, 0.717) is 6.04 Å². The van der Waals surface area contributed by atoms with Crippen molar-refractivity contribution in [2.45, 2.75) is 18.9 Å². The predicted molar refractivity (Wildman–Crippen MR) is 85.8 cm³/mol. The molecule has 0 amide bonds. The summed E-state index contributed by atoms with van der Waals surface area (Å²) in [5, 5.41) is 3.42. The van der Waals surface area contributed by atoms with E-state index in [9.17, 15) is 0 Å². The van der Waals surface area contributed by atoms with Crippen LogP contribution in [-0.4, -0.2) is 31.1 Å². The zero-order valence-electron chi connectivity index (χ0n) is 10.7. The first kappa shape index (κ1) is 14.0. The Kier molecular flexibility index (Phi) is 5.66. The number of halogens is 1. The number of rotatable bonds is 5. The van der Waals surface area contributed by atoms with Crippen LogP contribution in [0.5, 0.6) is 0 Å². The molecule has 1 saturated heterocycles. The zero-order chi connectivity index (χ0) is 12.8. The van der Waals surface area contributed by atoms with Gasteiger partial charge in [0.1, 0.15) is 0 Å². The van der Waals surface area contributed by atoms with Crippen molar-refractivity contribution in [1.29, 1.82) is 0 Å². The molecule has 1 aliphatic rings. The van der Waals surface area contributed by atoms with Crippen LogP contribution in [0.4, 0.5) is 0 Å². The molecule has 1 aromatic rings. The van der Waals surface area contributed by atoms with E-state index in [1.54, 1.807) is 0 Å². The number of nitrogens with one attached hydrogen (secondary N) is 1. The Labute approximate surface area is 124 Å². The Hall–Kier alpha value is -0.390. The monoisotopic (exact) mass is 356 g/mol. The van der Waals surface area contributed by atoms with Crippen molar-refractivity contribution < 1.29 is 0 Å². The standard InChI is InChI=1S/C15H21IN2/c1-2-3-4-15(18-11-9-17-10-12-18)13-5-7-14(16)8-6-13/h2,5-8,15,17H,1,3-4,9-12H2/t15-/m1/s1. The number of nitrogens with zero attached hydrogens (tertiary/aromatic N) is 1. The fourth-order valence-electron chi connectivity index (χ4n) is 2.51. The molecule has 0 unspecified atom stereocenters. The molecule has 3 heteroatoms. The van der Waals surface area contributed by atoms with Gasteiger partial charge in [-0.15, -0.1) is 6.58 Å². The molecular formula is C15H21IN2. The van der Waals surface area contributed by atoms with Crippen molar-refractivity contribution in [2.24, 2.45) is 0 Å². The lowest BCUT2D eigenvalue weighted by Gasteiger charge is -2.35. The summed E-state index contributed by atoms with van der Waals surface area (Å²) in [5.74, 6) is 0. The molecule has 0 radical (unpaired) electrons. The first-order valence-electron chi connectivity index (χ1n) is 6.62. The third-order valence-electron chi connectivity index (χ3n) is 3.49. The van der Waals surface area contributed by atoms with Gasteiger partial charge in [-0.05, 0) is 53.1 Å². The molecule has 1 N–H and O–H groups in total. The molecule has 2 nitrogen and oxygen atoms in total. The molecule has 18 heavy (non-hydrogen) atoms. The SMILES string of the molecule is C=CCC[C@H](c1ccc(I)cc1)N1CCNCC1. The van der Waals surface area contributed by atoms with Crippen LogP contribution in [0.25, 0.3) is 0 Å². The molecule has 1 atom stereocenters. The zero-order valence-corrected chi connectivity index (χ0v) is 12.9. The molecule has 0 aromatic heterocycles. The lowest BCUT2D eigenvalue weighted by Crippen LogP contribution is -2.45. The minimum atomic E-state index is 0.544. The average molecular weight is 356 g/mol. The molecule has 1 aliphatic heterocycles. The van der Waals surface area contributed by atoms with Crippen LogP contribution >= 0.6 is 22.6 Å². The van der Waals surface area contributed by atoms with Gasteiger partial charge < -0.3 is 5.32 Å². The molecule has 0 spiro atoms. The fourth-order valence-corrected chi connectivity index (χ4v) is 2.87. The first-order valence-corrected chi connectivity index (χ1v) is 7.70. The van der Waals surface area contributed by atoms with Crippen molar-refractivity contribution in [2.75, 3.05) is 26.2 Å². The van der Waals surface area contributed by atoms with E-state index in [4.69, 9.17) is 0 Å². The summed E-state index contributed by atoms with van der Waals surface area (Å²) >= 11 is 2.36. The van der Waals surface area contributed by atoms with Crippen LogP contribution in [-0.2, 0) is 0 Å². The largest absolute Gasteiger partial charge is 0.314 e. The Morgan fingerprint density at radius 3 is 2.56 bits per heavy atom. The lowest BCUT2D eigenvalue weighted by atomic mass is 9.99. The number of benzene rings is 1. The van der Waals surface area contributed by atoms with E-state index in [-0.39, 0.29) is 0 Å². The number of hydrogen-bond donors (Lipinski definition) is 1. The quantitative estimate of drug-likeness (QED) is 0.644. The third kappa shape index (κ3) is 3.80. The van der Waals surface area contributed by atoms with Crippen LogP contribution in [0.2, 0.25) is 0 Å².